The largest absolute Gasteiger partial charge is 0.362 e. The molecule has 1 atom stereocenters. The molecule has 3 heteroatoms. The molecule has 0 radical (unpaired) electrons. The molecule has 0 aromatic carbocycles. The van der Waals surface area contributed by atoms with E-state index in [4.69, 9.17) is 0 Å². The van der Waals surface area contributed by atoms with Gasteiger partial charge in [-0.05, 0) is 39.3 Å². The molecule has 1 aliphatic rings. The van der Waals surface area contributed by atoms with Gasteiger partial charge in [-0.1, -0.05) is 12.5 Å². The average Bonchev–Trinajstić information content (AvgIpc) is 2.38. The van der Waals surface area contributed by atoms with Crippen molar-refractivity contribution in [3.05, 3.63) is 23.9 Å². The van der Waals surface area contributed by atoms with Crippen LogP contribution < -0.4 is 4.90 Å². The summed E-state index contributed by atoms with van der Waals surface area (Å²) >= 11 is 0. The molecule has 1 saturated heterocycles. The number of nitrogens with zero attached hydrogens (tertiary/aromatic N) is 3. The Morgan fingerprint density at radius 3 is 2.78 bits per heavy atom. The molecule has 1 aromatic rings. The molecule has 0 amide bonds. The van der Waals surface area contributed by atoms with Crippen molar-refractivity contribution in [2.45, 2.75) is 45.2 Å². The second-order valence-corrected chi connectivity index (χ2v) is 5.65. The number of likely N-dealkylation sites (tertiary alicyclic amines) is 1. The Morgan fingerprint density at radius 1 is 1.33 bits per heavy atom. The summed E-state index contributed by atoms with van der Waals surface area (Å²) in [4.78, 5) is 9.29. The van der Waals surface area contributed by atoms with E-state index in [1.165, 1.54) is 31.4 Å². The lowest BCUT2D eigenvalue weighted by Gasteiger charge is -2.39. The molecule has 0 spiro atoms. The predicted molar refractivity (Wildman–Crippen MR) is 77.0 cm³/mol. The second kappa shape index (κ2) is 5.70. The molecule has 100 valence electrons. The Balaban J connectivity index is 2.33. The standard InChI is InChI=1S/C15H25N3/c1-12(2)18-11-6-5-9-14(18)13-8-7-10-16-15(13)17(3)4/h7-8,10,12,14H,5-6,9,11H2,1-4H3. The van der Waals surface area contributed by atoms with Crippen LogP contribution in [-0.2, 0) is 0 Å². The number of anilines is 1. The second-order valence-electron chi connectivity index (χ2n) is 5.65. The van der Waals surface area contributed by atoms with E-state index in [1.54, 1.807) is 0 Å². The fourth-order valence-electron chi connectivity index (χ4n) is 2.95. The maximum Gasteiger partial charge on any atom is 0.132 e. The molecule has 0 bridgehead atoms. The van der Waals surface area contributed by atoms with Crippen LogP contribution in [0.1, 0.15) is 44.7 Å². The van der Waals surface area contributed by atoms with Gasteiger partial charge in [0.1, 0.15) is 5.82 Å². The molecule has 1 aromatic heterocycles. The van der Waals surface area contributed by atoms with Gasteiger partial charge < -0.3 is 4.90 Å². The Labute approximate surface area is 111 Å². The summed E-state index contributed by atoms with van der Waals surface area (Å²) in [5.41, 5.74) is 1.39. The summed E-state index contributed by atoms with van der Waals surface area (Å²) < 4.78 is 0. The SMILES string of the molecule is CC(C)N1CCCCC1c1cccnc1N(C)C. The van der Waals surface area contributed by atoms with Crippen LogP contribution in [0.2, 0.25) is 0 Å². The van der Waals surface area contributed by atoms with Crippen LogP contribution in [0, 0.1) is 0 Å². The van der Waals surface area contributed by atoms with E-state index in [-0.39, 0.29) is 0 Å². The molecule has 0 N–H and O–H groups in total. The van der Waals surface area contributed by atoms with E-state index in [9.17, 15) is 0 Å². The smallest absolute Gasteiger partial charge is 0.132 e. The predicted octanol–water partition coefficient (Wildman–Crippen LogP) is 3.08. The molecule has 3 nitrogen and oxygen atoms in total. The zero-order valence-electron chi connectivity index (χ0n) is 12.1. The Hall–Kier alpha value is -1.09. The van der Waals surface area contributed by atoms with Crippen molar-refractivity contribution in [2.75, 3.05) is 25.5 Å². The summed E-state index contributed by atoms with van der Waals surface area (Å²) in [5.74, 6) is 1.12. The highest BCUT2D eigenvalue weighted by Gasteiger charge is 2.28. The lowest BCUT2D eigenvalue weighted by atomic mass is 9.94. The van der Waals surface area contributed by atoms with Crippen molar-refractivity contribution in [3.8, 4) is 0 Å². The number of pyridine rings is 1. The van der Waals surface area contributed by atoms with Crippen LogP contribution in [-0.4, -0.2) is 36.6 Å². The maximum atomic E-state index is 4.55. The van der Waals surface area contributed by atoms with Crippen LogP contribution in [0.15, 0.2) is 18.3 Å². The number of hydrogen-bond donors (Lipinski definition) is 0. The number of piperidine rings is 1. The third kappa shape index (κ3) is 2.66. The van der Waals surface area contributed by atoms with Gasteiger partial charge in [-0.15, -0.1) is 0 Å². The molecule has 0 saturated carbocycles. The fourth-order valence-corrected chi connectivity index (χ4v) is 2.95. The average molecular weight is 247 g/mol. The highest BCUT2D eigenvalue weighted by atomic mass is 15.2. The van der Waals surface area contributed by atoms with E-state index < -0.39 is 0 Å². The molecule has 2 heterocycles. The highest BCUT2D eigenvalue weighted by molar-refractivity contribution is 5.47. The van der Waals surface area contributed by atoms with E-state index >= 15 is 0 Å². The zero-order chi connectivity index (χ0) is 13.1. The van der Waals surface area contributed by atoms with Gasteiger partial charge in [0.05, 0.1) is 0 Å². The van der Waals surface area contributed by atoms with Gasteiger partial charge in [-0.3, -0.25) is 4.90 Å². The number of aromatic nitrogens is 1. The minimum Gasteiger partial charge on any atom is -0.362 e. The normalized spacial score (nSPS) is 21.3. The zero-order valence-corrected chi connectivity index (χ0v) is 12.1. The van der Waals surface area contributed by atoms with E-state index in [0.717, 1.165) is 5.82 Å². The van der Waals surface area contributed by atoms with Gasteiger partial charge in [0.25, 0.3) is 0 Å². The van der Waals surface area contributed by atoms with E-state index in [1.807, 2.05) is 6.20 Å². The number of rotatable bonds is 3. The lowest BCUT2D eigenvalue weighted by molar-refractivity contribution is 0.112. The quantitative estimate of drug-likeness (QED) is 0.818. The monoisotopic (exact) mass is 247 g/mol. The summed E-state index contributed by atoms with van der Waals surface area (Å²) in [6.45, 7) is 5.80. The summed E-state index contributed by atoms with van der Waals surface area (Å²) in [6, 6.07) is 5.44. The summed E-state index contributed by atoms with van der Waals surface area (Å²) in [7, 11) is 4.16. The Morgan fingerprint density at radius 2 is 2.11 bits per heavy atom. The highest BCUT2D eigenvalue weighted by Crippen LogP contribution is 2.35. The third-order valence-corrected chi connectivity index (χ3v) is 3.81. The van der Waals surface area contributed by atoms with Crippen LogP contribution >= 0.6 is 0 Å². The van der Waals surface area contributed by atoms with E-state index in [2.05, 4.69) is 54.9 Å². The summed E-state index contributed by atoms with van der Waals surface area (Å²) in [6.07, 6.45) is 5.80. The molecule has 18 heavy (non-hydrogen) atoms. The molecule has 1 unspecified atom stereocenters. The fraction of sp³-hybridized carbons (Fsp3) is 0.667. The molecule has 1 fully saturated rings. The minimum atomic E-state index is 0.532. The number of hydrogen-bond acceptors (Lipinski definition) is 3. The van der Waals surface area contributed by atoms with Gasteiger partial charge in [0.15, 0.2) is 0 Å². The molecule has 0 aliphatic carbocycles. The lowest BCUT2D eigenvalue weighted by Crippen LogP contribution is -2.39. The molecule has 1 aliphatic heterocycles. The topological polar surface area (TPSA) is 19.4 Å². The first-order chi connectivity index (χ1) is 8.61. The van der Waals surface area contributed by atoms with Crippen molar-refractivity contribution in [2.24, 2.45) is 0 Å². The first-order valence-corrected chi connectivity index (χ1v) is 6.99. The van der Waals surface area contributed by atoms with Gasteiger partial charge in [-0.25, -0.2) is 4.98 Å². The van der Waals surface area contributed by atoms with Crippen LogP contribution in [0.5, 0.6) is 0 Å². The van der Waals surface area contributed by atoms with Crippen molar-refractivity contribution in [1.29, 1.82) is 0 Å². The van der Waals surface area contributed by atoms with Crippen molar-refractivity contribution in [1.82, 2.24) is 9.88 Å². The van der Waals surface area contributed by atoms with Crippen molar-refractivity contribution < 1.29 is 0 Å². The molecule has 2 rings (SSSR count). The van der Waals surface area contributed by atoms with Crippen LogP contribution in [0.3, 0.4) is 0 Å². The summed E-state index contributed by atoms with van der Waals surface area (Å²) in [5, 5.41) is 0. The van der Waals surface area contributed by atoms with Crippen molar-refractivity contribution >= 4 is 5.82 Å². The van der Waals surface area contributed by atoms with Crippen LogP contribution in [0.25, 0.3) is 0 Å². The minimum absolute atomic E-state index is 0.532. The Kier molecular flexibility index (Phi) is 4.23. The van der Waals surface area contributed by atoms with Crippen LogP contribution in [0.4, 0.5) is 5.82 Å². The first kappa shape index (κ1) is 13.3. The first-order valence-electron chi connectivity index (χ1n) is 6.99. The van der Waals surface area contributed by atoms with Crippen molar-refractivity contribution in [3.63, 3.8) is 0 Å². The van der Waals surface area contributed by atoms with Gasteiger partial charge >= 0.3 is 0 Å². The third-order valence-electron chi connectivity index (χ3n) is 3.81. The van der Waals surface area contributed by atoms with Gasteiger partial charge in [0, 0.05) is 37.9 Å². The van der Waals surface area contributed by atoms with Gasteiger partial charge in [0.2, 0.25) is 0 Å². The van der Waals surface area contributed by atoms with Gasteiger partial charge in [-0.2, -0.15) is 0 Å². The Bertz CT molecular complexity index is 387. The molecular weight excluding hydrogens is 222 g/mol. The van der Waals surface area contributed by atoms with E-state index in [0.29, 0.717) is 12.1 Å². The molecular formula is C15H25N3. The maximum absolute atomic E-state index is 4.55.